The number of carbonyl (C=O) groups is 1. The highest BCUT2D eigenvalue weighted by atomic mass is 19.1. The molecule has 1 saturated carbocycles. The zero-order valence-electron chi connectivity index (χ0n) is 22.8. The lowest BCUT2D eigenvalue weighted by molar-refractivity contribution is 0.0994. The number of halogens is 1. The van der Waals surface area contributed by atoms with Crippen molar-refractivity contribution in [3.8, 4) is 5.88 Å². The summed E-state index contributed by atoms with van der Waals surface area (Å²) in [5, 5.41) is 0.294. The number of nitrogens with two attached hydrogens (primary N) is 1. The van der Waals surface area contributed by atoms with Gasteiger partial charge in [-0.3, -0.25) is 14.8 Å². The zero-order chi connectivity index (χ0) is 27.7. The van der Waals surface area contributed by atoms with Gasteiger partial charge in [-0.2, -0.15) is 0 Å². The van der Waals surface area contributed by atoms with Gasteiger partial charge in [0, 0.05) is 48.9 Å². The first-order chi connectivity index (χ1) is 18.7. The van der Waals surface area contributed by atoms with E-state index < -0.39 is 5.82 Å². The minimum Gasteiger partial charge on any atom is -0.481 e. The lowest BCUT2D eigenvalue weighted by atomic mass is 9.75. The fraction of sp³-hybridized carbons (Fsp3) is 0.355. The van der Waals surface area contributed by atoms with E-state index in [4.69, 9.17) is 10.5 Å². The number of methoxy groups -OCH3 is 1. The summed E-state index contributed by atoms with van der Waals surface area (Å²) >= 11 is 0. The Balaban J connectivity index is 1.45. The van der Waals surface area contributed by atoms with Crippen molar-refractivity contribution in [2.75, 3.05) is 19.1 Å². The highest BCUT2D eigenvalue weighted by Crippen LogP contribution is 2.37. The van der Waals surface area contributed by atoms with Crippen molar-refractivity contribution in [1.29, 1.82) is 0 Å². The molecule has 202 valence electrons. The molecule has 0 aliphatic heterocycles. The lowest BCUT2D eigenvalue weighted by Crippen LogP contribution is -2.31. The van der Waals surface area contributed by atoms with Crippen molar-refractivity contribution in [3.63, 3.8) is 0 Å². The second-order valence-corrected chi connectivity index (χ2v) is 10.6. The van der Waals surface area contributed by atoms with E-state index in [9.17, 15) is 4.79 Å². The first-order valence-electron chi connectivity index (χ1n) is 13.3. The Bertz CT molecular complexity index is 1510. The number of carbonyl (C=O) groups excluding carboxylic acids is 1. The summed E-state index contributed by atoms with van der Waals surface area (Å²) < 4.78 is 20.2. The molecule has 0 saturated heterocycles. The van der Waals surface area contributed by atoms with Crippen LogP contribution in [0.15, 0.2) is 55.0 Å². The maximum atomic E-state index is 15.0. The van der Waals surface area contributed by atoms with Gasteiger partial charge in [-0.1, -0.05) is 6.92 Å². The molecule has 3 aromatic heterocycles. The SMILES string of the molecule is COc1ccc(N(C)c2cnc3c(C(=O)Cc4cnccc4[C@@H]4C[C@H](C)C[C@H](N)C4)ccc(F)c3c2)c(C)n1. The number of benzene rings is 1. The van der Waals surface area contributed by atoms with Crippen LogP contribution in [0.1, 0.15) is 59.3 Å². The highest BCUT2D eigenvalue weighted by molar-refractivity contribution is 6.08. The van der Waals surface area contributed by atoms with E-state index in [1.165, 1.54) is 12.1 Å². The van der Waals surface area contributed by atoms with Crippen LogP contribution in [0.5, 0.6) is 5.88 Å². The lowest BCUT2D eigenvalue weighted by Gasteiger charge is -2.32. The Morgan fingerprint density at radius 2 is 1.97 bits per heavy atom. The van der Waals surface area contributed by atoms with Gasteiger partial charge in [-0.25, -0.2) is 9.37 Å². The average Bonchev–Trinajstić information content (AvgIpc) is 2.92. The number of ketones is 1. The summed E-state index contributed by atoms with van der Waals surface area (Å²) in [6, 6.07) is 10.4. The summed E-state index contributed by atoms with van der Waals surface area (Å²) in [6.45, 7) is 4.11. The van der Waals surface area contributed by atoms with Crippen molar-refractivity contribution in [2.45, 2.75) is 51.5 Å². The van der Waals surface area contributed by atoms with Crippen LogP contribution in [-0.2, 0) is 6.42 Å². The van der Waals surface area contributed by atoms with E-state index in [0.717, 1.165) is 41.8 Å². The molecule has 0 spiro atoms. The molecule has 0 radical (unpaired) electrons. The van der Waals surface area contributed by atoms with Crippen molar-refractivity contribution in [3.05, 3.63) is 83.2 Å². The molecule has 3 atom stereocenters. The Hall–Kier alpha value is -3.91. The van der Waals surface area contributed by atoms with Crippen molar-refractivity contribution in [2.24, 2.45) is 11.7 Å². The molecule has 1 fully saturated rings. The number of nitrogens with zero attached hydrogens (tertiary/aromatic N) is 4. The van der Waals surface area contributed by atoms with Gasteiger partial charge in [0.1, 0.15) is 5.82 Å². The molecule has 39 heavy (non-hydrogen) atoms. The normalized spacial score (nSPS) is 19.2. The minimum absolute atomic E-state index is 0.119. The maximum Gasteiger partial charge on any atom is 0.213 e. The minimum atomic E-state index is -0.430. The van der Waals surface area contributed by atoms with Crippen LogP contribution in [0.2, 0.25) is 0 Å². The molecule has 0 bridgehead atoms. The van der Waals surface area contributed by atoms with E-state index in [1.54, 1.807) is 37.8 Å². The molecule has 3 heterocycles. The molecule has 1 aliphatic rings. The third-order valence-corrected chi connectivity index (χ3v) is 7.78. The molecule has 5 rings (SSSR count). The van der Waals surface area contributed by atoms with Crippen LogP contribution in [-0.4, -0.2) is 40.9 Å². The van der Waals surface area contributed by atoms with E-state index >= 15 is 4.39 Å². The molecule has 1 aromatic carbocycles. The van der Waals surface area contributed by atoms with Gasteiger partial charge in [-0.05, 0) is 79.5 Å². The predicted molar refractivity (Wildman–Crippen MR) is 151 cm³/mol. The first kappa shape index (κ1) is 26.7. The van der Waals surface area contributed by atoms with Gasteiger partial charge >= 0.3 is 0 Å². The monoisotopic (exact) mass is 527 g/mol. The number of ether oxygens (including phenoxy) is 1. The molecule has 0 unspecified atom stereocenters. The fourth-order valence-electron chi connectivity index (χ4n) is 5.88. The van der Waals surface area contributed by atoms with Crippen molar-refractivity contribution >= 4 is 28.1 Å². The number of fused-ring (bicyclic) bond motifs is 1. The first-order valence-corrected chi connectivity index (χ1v) is 13.3. The Morgan fingerprint density at radius 3 is 2.72 bits per heavy atom. The summed E-state index contributed by atoms with van der Waals surface area (Å²) in [5.74, 6) is 0.803. The summed E-state index contributed by atoms with van der Waals surface area (Å²) in [7, 11) is 3.44. The van der Waals surface area contributed by atoms with E-state index in [0.29, 0.717) is 39.9 Å². The van der Waals surface area contributed by atoms with Gasteiger partial charge in [0.2, 0.25) is 5.88 Å². The van der Waals surface area contributed by atoms with Gasteiger partial charge in [0.05, 0.1) is 35.9 Å². The topological polar surface area (TPSA) is 94.2 Å². The number of Topliss-reactive ketones (excluding diaryl/α,β-unsaturated/α-hetero) is 1. The van der Waals surface area contributed by atoms with E-state index in [-0.39, 0.29) is 18.2 Å². The number of anilines is 2. The van der Waals surface area contributed by atoms with Crippen LogP contribution >= 0.6 is 0 Å². The molecule has 7 nitrogen and oxygen atoms in total. The maximum absolute atomic E-state index is 15.0. The number of aromatic nitrogens is 3. The van der Waals surface area contributed by atoms with Gasteiger partial charge in [0.15, 0.2) is 5.78 Å². The van der Waals surface area contributed by atoms with Crippen molar-refractivity contribution < 1.29 is 13.9 Å². The molecule has 4 aromatic rings. The number of pyridine rings is 3. The molecular weight excluding hydrogens is 493 g/mol. The van der Waals surface area contributed by atoms with Crippen LogP contribution in [0.4, 0.5) is 15.8 Å². The van der Waals surface area contributed by atoms with Crippen LogP contribution in [0.25, 0.3) is 10.9 Å². The smallest absolute Gasteiger partial charge is 0.213 e. The van der Waals surface area contributed by atoms with Gasteiger partial charge < -0.3 is 15.4 Å². The molecule has 2 N–H and O–H groups in total. The molecule has 1 aliphatic carbocycles. The molecule has 0 amide bonds. The third kappa shape index (κ3) is 5.47. The van der Waals surface area contributed by atoms with E-state index in [2.05, 4.69) is 21.9 Å². The van der Waals surface area contributed by atoms with Gasteiger partial charge in [-0.15, -0.1) is 0 Å². The number of hydrogen-bond acceptors (Lipinski definition) is 7. The number of hydrogen-bond donors (Lipinski definition) is 1. The Labute approximate surface area is 228 Å². The van der Waals surface area contributed by atoms with Gasteiger partial charge in [0.25, 0.3) is 0 Å². The molecular formula is C31H34FN5O2. The van der Waals surface area contributed by atoms with Crippen LogP contribution < -0.4 is 15.4 Å². The standard InChI is InChI=1S/C31H34FN5O2/c1-18-11-20(13-22(33)12-18)24-9-10-34-16-21(24)14-29(38)25-5-6-27(32)26-15-23(17-35-31(25)26)37(3)28-7-8-30(39-4)36-19(28)2/h5-10,15-18,20,22H,11-14,33H2,1-4H3/t18-,20+,22-/m0/s1. The number of aryl methyl sites for hydroxylation is 1. The number of rotatable bonds is 7. The largest absolute Gasteiger partial charge is 0.481 e. The second kappa shape index (κ2) is 11.1. The van der Waals surface area contributed by atoms with E-state index in [1.807, 2.05) is 31.0 Å². The Kier molecular flexibility index (Phi) is 7.57. The van der Waals surface area contributed by atoms with Crippen LogP contribution in [0, 0.1) is 18.7 Å². The fourth-order valence-corrected chi connectivity index (χ4v) is 5.88. The summed E-state index contributed by atoms with van der Waals surface area (Å²) in [5.41, 5.74) is 11.4. The van der Waals surface area contributed by atoms with Crippen LogP contribution in [0.3, 0.4) is 0 Å². The quantitative estimate of drug-likeness (QED) is 0.299. The summed E-state index contributed by atoms with van der Waals surface area (Å²) in [4.78, 5) is 28.8. The summed E-state index contributed by atoms with van der Waals surface area (Å²) in [6.07, 6.45) is 8.34. The molecule has 8 heteroatoms. The average molecular weight is 528 g/mol. The van der Waals surface area contributed by atoms with Crippen molar-refractivity contribution in [1.82, 2.24) is 15.0 Å². The zero-order valence-corrected chi connectivity index (χ0v) is 22.8. The third-order valence-electron chi connectivity index (χ3n) is 7.78. The predicted octanol–water partition coefficient (Wildman–Crippen LogP) is 5.91. The highest BCUT2D eigenvalue weighted by Gasteiger charge is 2.28. The Morgan fingerprint density at radius 1 is 1.15 bits per heavy atom. The second-order valence-electron chi connectivity index (χ2n) is 10.6.